The summed E-state index contributed by atoms with van der Waals surface area (Å²) in [4.78, 5) is 24.3. The third kappa shape index (κ3) is 5.33. The number of carbonyl (C=O) groups excluding carboxylic acids is 1. The van der Waals surface area contributed by atoms with E-state index in [9.17, 15) is 14.7 Å². The zero-order chi connectivity index (χ0) is 16.0. The van der Waals surface area contributed by atoms with E-state index in [2.05, 4.69) is 21.2 Å². The van der Waals surface area contributed by atoms with Crippen molar-refractivity contribution in [3.05, 3.63) is 28.2 Å². The Kier molecular flexibility index (Phi) is 6.60. The Bertz CT molecular complexity index is 523. The number of ether oxygens (including phenoxy) is 1. The maximum Gasteiger partial charge on any atom is 0.337 e. The molecule has 2 amide bonds. The van der Waals surface area contributed by atoms with Gasteiger partial charge in [0.1, 0.15) is 0 Å². The number of carbonyl (C=O) groups is 2. The van der Waals surface area contributed by atoms with Crippen molar-refractivity contribution < 1.29 is 24.5 Å². The molecule has 1 rings (SSSR count). The molecule has 0 bridgehead atoms. The van der Waals surface area contributed by atoms with Crippen LogP contribution in [-0.4, -0.2) is 60.5 Å². The van der Waals surface area contributed by atoms with E-state index in [4.69, 9.17) is 9.84 Å². The predicted molar refractivity (Wildman–Crippen MR) is 80.6 cm³/mol. The highest BCUT2D eigenvalue weighted by Crippen LogP contribution is 2.21. The number of urea groups is 1. The van der Waals surface area contributed by atoms with Gasteiger partial charge in [0.15, 0.2) is 0 Å². The van der Waals surface area contributed by atoms with Gasteiger partial charge in [-0.25, -0.2) is 9.59 Å². The summed E-state index contributed by atoms with van der Waals surface area (Å²) >= 11 is 3.22. The molecule has 0 spiro atoms. The van der Waals surface area contributed by atoms with Gasteiger partial charge in [-0.2, -0.15) is 0 Å². The highest BCUT2D eigenvalue weighted by atomic mass is 79.9. The zero-order valence-electron chi connectivity index (χ0n) is 11.7. The number of anilines is 1. The van der Waals surface area contributed by atoms with Gasteiger partial charge in [0.2, 0.25) is 0 Å². The summed E-state index contributed by atoms with van der Waals surface area (Å²) in [6.45, 7) is 0.172. The van der Waals surface area contributed by atoms with Crippen LogP contribution in [0.3, 0.4) is 0 Å². The summed E-state index contributed by atoms with van der Waals surface area (Å²) in [5.41, 5.74) is 0.160. The number of hydrogen-bond donors (Lipinski definition) is 3. The second kappa shape index (κ2) is 7.96. The molecule has 0 fully saturated rings. The first kappa shape index (κ1) is 17.4. The molecule has 0 heterocycles. The first-order chi connectivity index (χ1) is 9.85. The van der Waals surface area contributed by atoms with Crippen molar-refractivity contribution >= 4 is 33.6 Å². The van der Waals surface area contributed by atoms with Crippen LogP contribution in [0.25, 0.3) is 0 Å². The summed E-state index contributed by atoms with van der Waals surface area (Å²) in [6, 6.07) is 3.94. The number of likely N-dealkylation sites (N-methyl/N-ethyl adjacent to an activating group) is 1. The van der Waals surface area contributed by atoms with Gasteiger partial charge in [0, 0.05) is 18.6 Å². The summed E-state index contributed by atoms with van der Waals surface area (Å²) in [5.74, 6) is -1.14. The Hall–Kier alpha value is -1.64. The van der Waals surface area contributed by atoms with Crippen LogP contribution in [0.4, 0.5) is 10.5 Å². The molecule has 3 N–H and O–H groups in total. The lowest BCUT2D eigenvalue weighted by Gasteiger charge is -2.21. The minimum absolute atomic E-state index is 0.0163. The van der Waals surface area contributed by atoms with Crippen LogP contribution in [0.1, 0.15) is 10.4 Å². The zero-order valence-corrected chi connectivity index (χ0v) is 13.3. The quantitative estimate of drug-likeness (QED) is 0.715. The number of carboxylic acid groups (broad SMARTS) is 1. The van der Waals surface area contributed by atoms with Crippen molar-refractivity contribution in [1.29, 1.82) is 0 Å². The second-order valence-electron chi connectivity index (χ2n) is 4.41. The van der Waals surface area contributed by atoms with Crippen molar-refractivity contribution in [2.45, 2.75) is 6.10 Å². The lowest BCUT2D eigenvalue weighted by molar-refractivity contribution is 0.0501. The first-order valence-electron chi connectivity index (χ1n) is 6.07. The van der Waals surface area contributed by atoms with Crippen molar-refractivity contribution in [2.24, 2.45) is 0 Å². The molecule has 0 saturated carbocycles. The summed E-state index contributed by atoms with van der Waals surface area (Å²) < 4.78 is 5.42. The molecule has 0 aromatic heterocycles. The van der Waals surface area contributed by atoms with Gasteiger partial charge in [-0.05, 0) is 18.2 Å². The SMILES string of the molecule is COCC(O)CN(C)C(=O)Nc1cc(Br)ccc1C(=O)O. The molecule has 0 aliphatic heterocycles. The van der Waals surface area contributed by atoms with Gasteiger partial charge in [-0.3, -0.25) is 0 Å². The van der Waals surface area contributed by atoms with Crippen LogP contribution in [0.5, 0.6) is 0 Å². The van der Waals surface area contributed by atoms with Crippen molar-refractivity contribution in [1.82, 2.24) is 4.90 Å². The number of benzene rings is 1. The molecular formula is C13H17BrN2O5. The number of amides is 2. The molecule has 1 aromatic rings. The van der Waals surface area contributed by atoms with E-state index in [0.29, 0.717) is 4.47 Å². The number of halogens is 1. The predicted octanol–water partition coefficient (Wildman–Crippen LogP) is 1.62. The minimum Gasteiger partial charge on any atom is -0.478 e. The van der Waals surface area contributed by atoms with Gasteiger partial charge < -0.3 is 25.2 Å². The van der Waals surface area contributed by atoms with Gasteiger partial charge in [0.25, 0.3) is 0 Å². The number of aliphatic hydroxyl groups excluding tert-OH is 1. The van der Waals surface area contributed by atoms with E-state index in [-0.39, 0.29) is 24.4 Å². The molecule has 116 valence electrons. The molecule has 0 aliphatic rings. The van der Waals surface area contributed by atoms with E-state index in [1.807, 2.05) is 0 Å². The molecule has 1 atom stereocenters. The fraction of sp³-hybridized carbons (Fsp3) is 0.385. The van der Waals surface area contributed by atoms with Crippen LogP contribution in [0.2, 0.25) is 0 Å². The summed E-state index contributed by atoms with van der Waals surface area (Å²) in [6.07, 6.45) is -0.813. The Balaban J connectivity index is 2.78. The Morgan fingerprint density at radius 1 is 1.48 bits per heavy atom. The van der Waals surface area contributed by atoms with E-state index in [1.165, 1.54) is 31.2 Å². The monoisotopic (exact) mass is 360 g/mol. The molecule has 21 heavy (non-hydrogen) atoms. The number of methoxy groups -OCH3 is 1. The maximum absolute atomic E-state index is 12.0. The lowest BCUT2D eigenvalue weighted by Crippen LogP contribution is -2.39. The van der Waals surface area contributed by atoms with Gasteiger partial charge in [0.05, 0.1) is 30.5 Å². The Labute approximate surface area is 130 Å². The van der Waals surface area contributed by atoms with Gasteiger partial charge >= 0.3 is 12.0 Å². The Morgan fingerprint density at radius 3 is 2.71 bits per heavy atom. The fourth-order valence-corrected chi connectivity index (χ4v) is 2.02. The number of nitrogens with zero attached hydrogens (tertiary/aromatic N) is 1. The van der Waals surface area contributed by atoms with Crippen LogP contribution in [-0.2, 0) is 4.74 Å². The molecule has 0 radical (unpaired) electrons. The van der Waals surface area contributed by atoms with E-state index < -0.39 is 18.1 Å². The fourth-order valence-electron chi connectivity index (χ4n) is 1.66. The van der Waals surface area contributed by atoms with Gasteiger partial charge in [-0.1, -0.05) is 15.9 Å². The highest BCUT2D eigenvalue weighted by molar-refractivity contribution is 9.10. The average Bonchev–Trinajstić information content (AvgIpc) is 2.38. The lowest BCUT2D eigenvalue weighted by atomic mass is 10.2. The molecule has 7 nitrogen and oxygen atoms in total. The number of aromatic carboxylic acids is 1. The third-order valence-corrected chi connectivity index (χ3v) is 3.14. The number of aliphatic hydroxyl groups is 1. The van der Waals surface area contributed by atoms with Crippen molar-refractivity contribution in [2.75, 3.05) is 32.6 Å². The topological polar surface area (TPSA) is 99.1 Å². The molecule has 1 unspecified atom stereocenters. The van der Waals surface area contributed by atoms with E-state index in [0.717, 1.165) is 0 Å². The smallest absolute Gasteiger partial charge is 0.337 e. The standard InChI is InChI=1S/C13H17BrN2O5/c1-16(6-9(17)7-21-2)13(20)15-11-5-8(14)3-4-10(11)12(18)19/h3-5,9,17H,6-7H2,1-2H3,(H,15,20)(H,18,19). The van der Waals surface area contributed by atoms with Crippen molar-refractivity contribution in [3.8, 4) is 0 Å². The number of carboxylic acids is 1. The number of nitrogens with one attached hydrogen (secondary N) is 1. The summed E-state index contributed by atoms with van der Waals surface area (Å²) in [7, 11) is 2.94. The normalized spacial score (nSPS) is 11.8. The molecular weight excluding hydrogens is 344 g/mol. The third-order valence-electron chi connectivity index (χ3n) is 2.64. The Morgan fingerprint density at radius 2 is 2.14 bits per heavy atom. The maximum atomic E-state index is 12.0. The number of hydrogen-bond acceptors (Lipinski definition) is 4. The molecule has 8 heteroatoms. The minimum atomic E-state index is -1.14. The van der Waals surface area contributed by atoms with Crippen LogP contribution in [0, 0.1) is 0 Å². The largest absolute Gasteiger partial charge is 0.478 e. The van der Waals surface area contributed by atoms with Crippen molar-refractivity contribution in [3.63, 3.8) is 0 Å². The molecule has 0 aliphatic carbocycles. The molecule has 0 saturated heterocycles. The van der Waals surface area contributed by atoms with Crippen LogP contribution < -0.4 is 5.32 Å². The highest BCUT2D eigenvalue weighted by Gasteiger charge is 2.17. The summed E-state index contributed by atoms with van der Waals surface area (Å²) in [5, 5.41) is 21.2. The van der Waals surface area contributed by atoms with Crippen LogP contribution in [0.15, 0.2) is 22.7 Å². The van der Waals surface area contributed by atoms with E-state index >= 15 is 0 Å². The van der Waals surface area contributed by atoms with Gasteiger partial charge in [-0.15, -0.1) is 0 Å². The average molecular weight is 361 g/mol. The second-order valence-corrected chi connectivity index (χ2v) is 5.33. The van der Waals surface area contributed by atoms with E-state index in [1.54, 1.807) is 6.07 Å². The first-order valence-corrected chi connectivity index (χ1v) is 6.86. The molecule has 1 aromatic carbocycles. The van der Waals surface area contributed by atoms with Crippen LogP contribution >= 0.6 is 15.9 Å². The number of rotatable bonds is 6.